The van der Waals surface area contributed by atoms with E-state index in [1.54, 1.807) is 19.1 Å². The largest absolute Gasteiger partial charge is 0.490 e. The van der Waals surface area contributed by atoms with Crippen molar-refractivity contribution in [1.82, 2.24) is 10.6 Å². The van der Waals surface area contributed by atoms with Crippen LogP contribution in [0.15, 0.2) is 61.2 Å². The molecule has 1 aliphatic heterocycles. The smallest absolute Gasteiger partial charge is 0.437 e. The Hall–Kier alpha value is -3.33. The molecular formula is C22H21F3N2O4. The molecule has 0 aromatic heterocycles. The van der Waals surface area contributed by atoms with E-state index >= 15 is 0 Å². The lowest BCUT2D eigenvalue weighted by molar-refractivity contribution is -0.287. The number of nitrogens with one attached hydrogen (secondary N) is 2. The summed E-state index contributed by atoms with van der Waals surface area (Å²) in [6.07, 6.45) is -3.78. The molecule has 2 amide bonds. The Morgan fingerprint density at radius 3 is 2.35 bits per heavy atom. The van der Waals surface area contributed by atoms with Crippen molar-refractivity contribution in [2.45, 2.75) is 24.9 Å². The minimum Gasteiger partial charge on any atom is -0.490 e. The molecule has 1 heterocycles. The molecule has 2 aromatic carbocycles. The number of amides is 2. The topological polar surface area (TPSA) is 87.7 Å². The molecule has 164 valence electrons. The van der Waals surface area contributed by atoms with E-state index in [2.05, 4.69) is 11.9 Å². The van der Waals surface area contributed by atoms with Crippen LogP contribution in [-0.2, 0) is 0 Å². The fourth-order valence-electron chi connectivity index (χ4n) is 3.44. The first-order valence-corrected chi connectivity index (χ1v) is 9.39. The minimum atomic E-state index is -5.30. The summed E-state index contributed by atoms with van der Waals surface area (Å²) in [5.74, 6) is -2.62. The number of ether oxygens (including phenoxy) is 1. The lowest BCUT2D eigenvalue weighted by atomic mass is 9.77. The first kappa shape index (κ1) is 22.4. The van der Waals surface area contributed by atoms with Crippen molar-refractivity contribution in [3.63, 3.8) is 0 Å². The number of hydrogen-bond donors (Lipinski definition) is 3. The molecule has 2 aromatic rings. The first-order valence-electron chi connectivity index (χ1n) is 9.39. The number of alkyl halides is 3. The summed E-state index contributed by atoms with van der Waals surface area (Å²) in [5, 5.41) is 14.4. The molecule has 1 fully saturated rings. The van der Waals surface area contributed by atoms with Crippen molar-refractivity contribution in [3.8, 4) is 5.75 Å². The molecule has 9 heteroatoms. The summed E-state index contributed by atoms with van der Waals surface area (Å²) in [4.78, 5) is 25.2. The maximum atomic E-state index is 13.9. The van der Waals surface area contributed by atoms with Crippen molar-refractivity contribution >= 4 is 11.8 Å². The summed E-state index contributed by atoms with van der Waals surface area (Å²) in [7, 11) is 0. The fraction of sp³-hybridized carbons (Fsp3) is 0.273. The van der Waals surface area contributed by atoms with Crippen LogP contribution >= 0.6 is 0 Å². The third-order valence-corrected chi connectivity index (χ3v) is 5.03. The van der Waals surface area contributed by atoms with Crippen LogP contribution in [0.25, 0.3) is 0 Å². The van der Waals surface area contributed by atoms with E-state index in [0.29, 0.717) is 5.75 Å². The average molecular weight is 434 g/mol. The molecule has 0 radical (unpaired) electrons. The molecule has 3 atom stereocenters. The maximum Gasteiger partial charge on any atom is 0.437 e. The lowest BCUT2D eigenvalue weighted by Crippen LogP contribution is -2.72. The summed E-state index contributed by atoms with van der Waals surface area (Å²) in [6.45, 7) is 5.52. The molecule has 0 aliphatic carbocycles. The number of urea groups is 1. The average Bonchev–Trinajstić information content (AvgIpc) is 2.71. The second kappa shape index (κ2) is 8.43. The van der Waals surface area contributed by atoms with Gasteiger partial charge in [-0.1, -0.05) is 54.6 Å². The van der Waals surface area contributed by atoms with Crippen LogP contribution < -0.4 is 15.4 Å². The molecule has 3 unspecified atom stereocenters. The number of carbonyl (C=O) groups is 2. The van der Waals surface area contributed by atoms with Gasteiger partial charge in [-0.3, -0.25) is 4.79 Å². The summed E-state index contributed by atoms with van der Waals surface area (Å²) < 4.78 is 47.1. The van der Waals surface area contributed by atoms with Gasteiger partial charge in [0.15, 0.2) is 5.78 Å². The highest BCUT2D eigenvalue weighted by Gasteiger charge is 2.66. The lowest BCUT2D eigenvalue weighted by Gasteiger charge is -2.45. The summed E-state index contributed by atoms with van der Waals surface area (Å²) in [5.41, 5.74) is -2.77. The molecule has 31 heavy (non-hydrogen) atoms. The number of ketones is 1. The van der Waals surface area contributed by atoms with Crippen molar-refractivity contribution < 1.29 is 32.6 Å². The second-order valence-electron chi connectivity index (χ2n) is 7.22. The SMILES string of the molecule is C=CCOc1ccc(C2NC(=O)NC(O)(C(F)(F)F)C2C(=O)c2ccc(C)cc2)cc1. The number of carbonyl (C=O) groups excluding carboxylic acids is 2. The summed E-state index contributed by atoms with van der Waals surface area (Å²) >= 11 is 0. The van der Waals surface area contributed by atoms with E-state index in [9.17, 15) is 27.9 Å². The molecule has 1 saturated heterocycles. The van der Waals surface area contributed by atoms with Crippen LogP contribution in [-0.4, -0.2) is 35.4 Å². The first-order chi connectivity index (χ1) is 14.6. The minimum absolute atomic E-state index is 0.0211. The van der Waals surface area contributed by atoms with Gasteiger partial charge in [-0.2, -0.15) is 13.2 Å². The van der Waals surface area contributed by atoms with E-state index in [4.69, 9.17) is 4.74 Å². The van der Waals surface area contributed by atoms with E-state index in [1.807, 2.05) is 0 Å². The highest BCUT2D eigenvalue weighted by atomic mass is 19.4. The van der Waals surface area contributed by atoms with Crippen LogP contribution in [0.1, 0.15) is 27.5 Å². The molecule has 3 rings (SSSR count). The number of aliphatic hydroxyl groups is 1. The zero-order valence-electron chi connectivity index (χ0n) is 16.6. The van der Waals surface area contributed by atoms with Crippen LogP contribution in [0.5, 0.6) is 5.75 Å². The Bertz CT molecular complexity index is 974. The van der Waals surface area contributed by atoms with Gasteiger partial charge in [-0.05, 0) is 24.6 Å². The van der Waals surface area contributed by atoms with E-state index < -0.39 is 35.7 Å². The van der Waals surface area contributed by atoms with E-state index in [-0.39, 0.29) is 17.7 Å². The normalized spacial score (nSPS) is 23.5. The van der Waals surface area contributed by atoms with Crippen LogP contribution in [0, 0.1) is 12.8 Å². The number of aryl methyl sites for hydroxylation is 1. The van der Waals surface area contributed by atoms with Crippen LogP contribution in [0.3, 0.4) is 0 Å². The monoisotopic (exact) mass is 434 g/mol. The predicted molar refractivity (Wildman–Crippen MR) is 107 cm³/mol. The van der Waals surface area contributed by atoms with E-state index in [1.165, 1.54) is 47.8 Å². The van der Waals surface area contributed by atoms with Crippen molar-refractivity contribution in [2.24, 2.45) is 5.92 Å². The zero-order chi connectivity index (χ0) is 22.8. The maximum absolute atomic E-state index is 13.9. The van der Waals surface area contributed by atoms with Gasteiger partial charge in [-0.25, -0.2) is 4.79 Å². The molecular weight excluding hydrogens is 413 g/mol. The van der Waals surface area contributed by atoms with Crippen molar-refractivity contribution in [1.29, 1.82) is 0 Å². The Balaban J connectivity index is 2.07. The molecule has 0 bridgehead atoms. The Kier molecular flexibility index (Phi) is 6.08. The van der Waals surface area contributed by atoms with Gasteiger partial charge in [0.25, 0.3) is 0 Å². The second-order valence-corrected chi connectivity index (χ2v) is 7.22. The van der Waals surface area contributed by atoms with Crippen molar-refractivity contribution in [3.05, 3.63) is 77.9 Å². The highest BCUT2D eigenvalue weighted by Crippen LogP contribution is 2.44. The number of halogens is 3. The van der Waals surface area contributed by atoms with Gasteiger partial charge in [0.2, 0.25) is 5.72 Å². The van der Waals surface area contributed by atoms with Gasteiger partial charge in [0.05, 0.1) is 6.04 Å². The third-order valence-electron chi connectivity index (χ3n) is 5.03. The third kappa shape index (κ3) is 4.41. The quantitative estimate of drug-likeness (QED) is 0.478. The van der Waals surface area contributed by atoms with Gasteiger partial charge >= 0.3 is 12.2 Å². The number of rotatable bonds is 6. The fourth-order valence-corrected chi connectivity index (χ4v) is 3.44. The number of hydrogen-bond acceptors (Lipinski definition) is 4. The molecule has 6 nitrogen and oxygen atoms in total. The van der Waals surface area contributed by atoms with Crippen LogP contribution in [0.2, 0.25) is 0 Å². The molecule has 3 N–H and O–H groups in total. The van der Waals surface area contributed by atoms with Crippen LogP contribution in [0.4, 0.5) is 18.0 Å². The van der Waals surface area contributed by atoms with Gasteiger partial charge in [0.1, 0.15) is 18.3 Å². The Morgan fingerprint density at radius 1 is 1.19 bits per heavy atom. The van der Waals surface area contributed by atoms with Crippen molar-refractivity contribution in [2.75, 3.05) is 6.61 Å². The van der Waals surface area contributed by atoms with Gasteiger partial charge in [0, 0.05) is 5.56 Å². The highest BCUT2D eigenvalue weighted by molar-refractivity contribution is 6.00. The van der Waals surface area contributed by atoms with E-state index in [0.717, 1.165) is 5.56 Å². The predicted octanol–water partition coefficient (Wildman–Crippen LogP) is 3.66. The standard InChI is InChI=1S/C22H21F3N2O4/c1-3-12-31-16-10-8-14(9-11-16)18-17(19(28)15-6-4-13(2)5-7-15)21(30,22(23,24)25)27-20(29)26-18/h3-11,17-18,30H,1,12H2,2H3,(H2,26,27,29). The Labute approximate surface area is 176 Å². The Morgan fingerprint density at radius 2 is 1.81 bits per heavy atom. The molecule has 0 spiro atoms. The molecule has 1 aliphatic rings. The zero-order valence-corrected chi connectivity index (χ0v) is 16.6. The van der Waals surface area contributed by atoms with Gasteiger partial charge < -0.3 is 20.5 Å². The number of benzene rings is 2. The molecule has 0 saturated carbocycles. The number of Topliss-reactive ketones (excluding diaryl/α,β-unsaturated/α-hetero) is 1. The van der Waals surface area contributed by atoms with Gasteiger partial charge in [-0.15, -0.1) is 0 Å². The summed E-state index contributed by atoms with van der Waals surface area (Å²) in [6, 6.07) is 9.09.